The molecule has 1 amide bonds. The molecular formula is C18H13Cl2N3O2. The van der Waals surface area contributed by atoms with Gasteiger partial charge in [-0.1, -0.05) is 40.5 Å². The van der Waals surface area contributed by atoms with Crippen molar-refractivity contribution in [1.29, 1.82) is 0 Å². The van der Waals surface area contributed by atoms with E-state index in [-0.39, 0.29) is 11.8 Å². The van der Waals surface area contributed by atoms with Gasteiger partial charge in [-0.05, 0) is 36.4 Å². The van der Waals surface area contributed by atoms with Gasteiger partial charge in [0.15, 0.2) is 0 Å². The highest BCUT2D eigenvalue weighted by Gasteiger charge is 2.36. The van der Waals surface area contributed by atoms with Gasteiger partial charge in [-0.15, -0.1) is 0 Å². The number of carbonyl (C=O) groups is 1. The Hall–Kier alpha value is -2.37. The molecule has 0 aliphatic carbocycles. The lowest BCUT2D eigenvalue weighted by atomic mass is 9.98. The van der Waals surface area contributed by atoms with Crippen LogP contribution < -0.4 is 0 Å². The van der Waals surface area contributed by atoms with Crippen LogP contribution in [0.25, 0.3) is 11.4 Å². The summed E-state index contributed by atoms with van der Waals surface area (Å²) in [6.07, 6.45) is 0. The Bertz CT molecular complexity index is 918. The summed E-state index contributed by atoms with van der Waals surface area (Å²) in [6, 6.07) is 14.2. The second-order valence-electron chi connectivity index (χ2n) is 5.88. The van der Waals surface area contributed by atoms with Crippen molar-refractivity contribution in [3.05, 3.63) is 70.0 Å². The van der Waals surface area contributed by atoms with Crippen molar-refractivity contribution in [3.8, 4) is 11.4 Å². The van der Waals surface area contributed by atoms with Gasteiger partial charge in [-0.3, -0.25) is 4.79 Å². The molecule has 25 heavy (non-hydrogen) atoms. The molecule has 1 aromatic heterocycles. The van der Waals surface area contributed by atoms with Crippen molar-refractivity contribution in [3.63, 3.8) is 0 Å². The molecule has 1 aliphatic rings. The summed E-state index contributed by atoms with van der Waals surface area (Å²) in [6.45, 7) is 1.11. The SMILES string of the molecule is O=C(c1ccc(Cl)cc1)N1CC(c2nc(-c3cccc(Cl)c3)no2)C1. The molecule has 0 atom stereocenters. The normalized spacial score (nSPS) is 14.4. The predicted molar refractivity (Wildman–Crippen MR) is 94.8 cm³/mol. The van der Waals surface area contributed by atoms with E-state index in [1.807, 2.05) is 12.1 Å². The molecule has 4 rings (SSSR count). The average molecular weight is 374 g/mol. The van der Waals surface area contributed by atoms with Crippen LogP contribution >= 0.6 is 23.2 Å². The second kappa shape index (κ2) is 6.50. The number of nitrogens with zero attached hydrogens (tertiary/aromatic N) is 3. The summed E-state index contributed by atoms with van der Waals surface area (Å²) in [4.78, 5) is 18.6. The molecule has 0 unspecified atom stereocenters. The molecule has 3 aromatic rings. The van der Waals surface area contributed by atoms with Crippen LogP contribution in [0.15, 0.2) is 53.1 Å². The fourth-order valence-electron chi connectivity index (χ4n) is 2.72. The third kappa shape index (κ3) is 3.25. The molecule has 126 valence electrons. The Balaban J connectivity index is 1.42. The molecule has 0 spiro atoms. The topological polar surface area (TPSA) is 59.2 Å². The molecule has 5 nitrogen and oxygen atoms in total. The first-order chi connectivity index (χ1) is 12.1. The second-order valence-corrected chi connectivity index (χ2v) is 6.75. The van der Waals surface area contributed by atoms with E-state index in [0.29, 0.717) is 40.4 Å². The number of carbonyl (C=O) groups excluding carboxylic acids is 1. The molecule has 1 saturated heterocycles. The summed E-state index contributed by atoms with van der Waals surface area (Å²) in [5.74, 6) is 1.06. The van der Waals surface area contributed by atoms with Crippen LogP contribution in [0.1, 0.15) is 22.2 Å². The first-order valence-electron chi connectivity index (χ1n) is 7.74. The number of benzene rings is 2. The van der Waals surface area contributed by atoms with Gasteiger partial charge < -0.3 is 9.42 Å². The van der Waals surface area contributed by atoms with E-state index in [4.69, 9.17) is 27.7 Å². The Morgan fingerprint density at radius 3 is 2.56 bits per heavy atom. The number of amides is 1. The minimum Gasteiger partial charge on any atom is -0.339 e. The molecule has 0 radical (unpaired) electrons. The zero-order valence-corrected chi connectivity index (χ0v) is 14.5. The average Bonchev–Trinajstić information content (AvgIpc) is 3.03. The number of halogens is 2. The van der Waals surface area contributed by atoms with Crippen molar-refractivity contribution in [1.82, 2.24) is 15.0 Å². The molecular weight excluding hydrogens is 361 g/mol. The van der Waals surface area contributed by atoms with Crippen molar-refractivity contribution in [2.45, 2.75) is 5.92 Å². The third-order valence-electron chi connectivity index (χ3n) is 4.13. The highest BCUT2D eigenvalue weighted by Crippen LogP contribution is 2.29. The lowest BCUT2D eigenvalue weighted by Crippen LogP contribution is -2.48. The van der Waals surface area contributed by atoms with Gasteiger partial charge in [-0.25, -0.2) is 0 Å². The lowest BCUT2D eigenvalue weighted by molar-refractivity contribution is 0.0569. The van der Waals surface area contributed by atoms with E-state index < -0.39 is 0 Å². The molecule has 2 aromatic carbocycles. The van der Waals surface area contributed by atoms with Gasteiger partial charge in [0, 0.05) is 34.3 Å². The first kappa shape index (κ1) is 16.1. The number of rotatable bonds is 3. The van der Waals surface area contributed by atoms with Crippen molar-refractivity contribution >= 4 is 29.1 Å². The predicted octanol–water partition coefficient (Wildman–Crippen LogP) is 4.28. The van der Waals surface area contributed by atoms with E-state index >= 15 is 0 Å². The van der Waals surface area contributed by atoms with Crippen LogP contribution in [0.4, 0.5) is 0 Å². The monoisotopic (exact) mass is 373 g/mol. The van der Waals surface area contributed by atoms with Gasteiger partial charge in [-0.2, -0.15) is 4.98 Å². The number of likely N-dealkylation sites (tertiary alicyclic amines) is 1. The van der Waals surface area contributed by atoms with E-state index in [0.717, 1.165) is 5.56 Å². The van der Waals surface area contributed by atoms with Crippen molar-refractivity contribution in [2.24, 2.45) is 0 Å². The molecule has 7 heteroatoms. The van der Waals surface area contributed by atoms with Gasteiger partial charge >= 0.3 is 0 Å². The quantitative estimate of drug-likeness (QED) is 0.687. The van der Waals surface area contributed by atoms with Crippen molar-refractivity contribution in [2.75, 3.05) is 13.1 Å². The fraction of sp³-hybridized carbons (Fsp3) is 0.167. The number of hydrogen-bond donors (Lipinski definition) is 0. The van der Waals surface area contributed by atoms with Gasteiger partial charge in [0.2, 0.25) is 11.7 Å². The summed E-state index contributed by atoms with van der Waals surface area (Å²) in [5.41, 5.74) is 1.42. The maximum absolute atomic E-state index is 12.4. The van der Waals surface area contributed by atoms with Crippen LogP contribution in [0.2, 0.25) is 10.0 Å². The molecule has 0 N–H and O–H groups in total. The maximum atomic E-state index is 12.4. The van der Waals surface area contributed by atoms with Crippen LogP contribution in [0.3, 0.4) is 0 Å². The lowest BCUT2D eigenvalue weighted by Gasteiger charge is -2.37. The molecule has 0 saturated carbocycles. The van der Waals surface area contributed by atoms with Gasteiger partial charge in [0.05, 0.1) is 5.92 Å². The van der Waals surface area contributed by atoms with E-state index in [2.05, 4.69) is 10.1 Å². The molecule has 0 bridgehead atoms. The fourth-order valence-corrected chi connectivity index (χ4v) is 3.04. The molecule has 1 fully saturated rings. The number of aromatic nitrogens is 2. The zero-order valence-electron chi connectivity index (χ0n) is 13.0. The summed E-state index contributed by atoms with van der Waals surface area (Å²) < 4.78 is 5.35. The van der Waals surface area contributed by atoms with E-state index in [9.17, 15) is 4.79 Å². The first-order valence-corrected chi connectivity index (χ1v) is 8.50. The highest BCUT2D eigenvalue weighted by molar-refractivity contribution is 6.31. The Labute approximate surface area is 154 Å². The maximum Gasteiger partial charge on any atom is 0.253 e. The van der Waals surface area contributed by atoms with Crippen molar-refractivity contribution < 1.29 is 9.32 Å². The van der Waals surface area contributed by atoms with Crippen LogP contribution in [-0.2, 0) is 0 Å². The highest BCUT2D eigenvalue weighted by atomic mass is 35.5. The zero-order chi connectivity index (χ0) is 17.4. The Morgan fingerprint density at radius 1 is 1.08 bits per heavy atom. The third-order valence-corrected chi connectivity index (χ3v) is 4.62. The Morgan fingerprint density at radius 2 is 1.84 bits per heavy atom. The van der Waals surface area contributed by atoms with Crippen LogP contribution in [-0.4, -0.2) is 34.0 Å². The van der Waals surface area contributed by atoms with Gasteiger partial charge in [0.1, 0.15) is 0 Å². The Kier molecular flexibility index (Phi) is 4.19. The summed E-state index contributed by atoms with van der Waals surface area (Å²) in [5, 5.41) is 5.23. The largest absolute Gasteiger partial charge is 0.339 e. The van der Waals surface area contributed by atoms with Gasteiger partial charge in [0.25, 0.3) is 5.91 Å². The minimum absolute atomic E-state index is 0.0255. The summed E-state index contributed by atoms with van der Waals surface area (Å²) >= 11 is 11.8. The van der Waals surface area contributed by atoms with Crippen LogP contribution in [0.5, 0.6) is 0 Å². The van der Waals surface area contributed by atoms with E-state index in [1.54, 1.807) is 41.3 Å². The summed E-state index contributed by atoms with van der Waals surface area (Å²) in [7, 11) is 0. The van der Waals surface area contributed by atoms with Crippen LogP contribution in [0, 0.1) is 0 Å². The minimum atomic E-state index is -0.0255. The number of hydrogen-bond acceptors (Lipinski definition) is 4. The molecule has 2 heterocycles. The molecule has 1 aliphatic heterocycles. The standard InChI is InChI=1S/C18H13Cl2N3O2/c19-14-6-4-11(5-7-14)18(24)23-9-13(10-23)17-21-16(22-25-17)12-2-1-3-15(20)8-12/h1-8,13H,9-10H2. The smallest absolute Gasteiger partial charge is 0.253 e. The van der Waals surface area contributed by atoms with E-state index in [1.165, 1.54) is 0 Å².